The molecule has 0 bridgehead atoms. The largest absolute Gasteiger partial charge is 0.381 e. The summed E-state index contributed by atoms with van der Waals surface area (Å²) in [6.45, 7) is 5.40. The summed E-state index contributed by atoms with van der Waals surface area (Å²) in [5.74, 6) is 0.131. The van der Waals surface area contributed by atoms with Gasteiger partial charge in [-0.25, -0.2) is 13.1 Å². The molecule has 0 radical (unpaired) electrons. The number of nitrogen functional groups attached to an aromatic ring is 1. The molecular weight excluding hydrogens is 398 g/mol. The number of aryl methyl sites for hydroxylation is 1. The number of aromatic amines is 1. The van der Waals surface area contributed by atoms with Crippen molar-refractivity contribution in [2.45, 2.75) is 44.0 Å². The van der Waals surface area contributed by atoms with Gasteiger partial charge in [0.2, 0.25) is 10.0 Å². The van der Waals surface area contributed by atoms with Gasteiger partial charge in [-0.15, -0.1) is 0 Å². The number of nitro benzene ring substituents is 1. The van der Waals surface area contributed by atoms with Crippen molar-refractivity contribution in [1.82, 2.24) is 14.9 Å². The second-order valence-corrected chi connectivity index (χ2v) is 9.08. The number of hydrogen-bond acceptors (Lipinski definition) is 8. The Morgan fingerprint density at radius 3 is 2.66 bits per heavy atom. The first-order valence-electron chi connectivity index (χ1n) is 8.73. The van der Waals surface area contributed by atoms with Crippen LogP contribution in [0.1, 0.15) is 38.4 Å². The molecule has 29 heavy (non-hydrogen) atoms. The minimum atomic E-state index is -3.89. The van der Waals surface area contributed by atoms with E-state index in [2.05, 4.69) is 20.2 Å². The molecule has 0 fully saturated rings. The van der Waals surface area contributed by atoms with Crippen LogP contribution in [0.25, 0.3) is 0 Å². The second-order valence-electron chi connectivity index (χ2n) is 7.40. The molecule has 0 saturated heterocycles. The van der Waals surface area contributed by atoms with Gasteiger partial charge in [-0.05, 0) is 45.7 Å². The molecule has 0 aliphatic carbocycles. The number of nitro groups is 1. The van der Waals surface area contributed by atoms with Crippen LogP contribution in [0.15, 0.2) is 23.1 Å². The molecule has 0 unspecified atom stereocenters. The summed E-state index contributed by atoms with van der Waals surface area (Å²) in [6, 6.07) is 5.68. The van der Waals surface area contributed by atoms with Crippen molar-refractivity contribution in [3.05, 3.63) is 39.6 Å². The minimum absolute atomic E-state index is 0.131. The number of nitriles is 1. The summed E-state index contributed by atoms with van der Waals surface area (Å²) in [5.41, 5.74) is 5.60. The Labute approximate surface area is 168 Å². The monoisotopic (exact) mass is 421 g/mol. The van der Waals surface area contributed by atoms with E-state index in [1.807, 2.05) is 6.07 Å². The van der Waals surface area contributed by atoms with Gasteiger partial charge in [-0.1, -0.05) is 0 Å². The normalized spacial score (nSPS) is 11.8. The molecule has 1 aromatic heterocycles. The standard InChI is InChI=1S/C17H23N7O4S/c1-17(2,3)23-29(27,28)11-6-7-14(15(9-11)24(25)26)20-8-4-5-13-12(10-18)16(19)22-21-13/h6-7,9,20,23H,4-5,8H2,1-3H3,(H3,19,21,22). The summed E-state index contributed by atoms with van der Waals surface area (Å²) < 4.78 is 27.3. The first-order valence-corrected chi connectivity index (χ1v) is 10.2. The molecular formula is C17H23N7O4S. The van der Waals surface area contributed by atoms with Crippen molar-refractivity contribution in [3.8, 4) is 6.07 Å². The third kappa shape index (κ3) is 5.66. The first kappa shape index (κ1) is 22.1. The van der Waals surface area contributed by atoms with E-state index < -0.39 is 20.5 Å². The van der Waals surface area contributed by atoms with E-state index in [1.54, 1.807) is 20.8 Å². The lowest BCUT2D eigenvalue weighted by molar-refractivity contribution is -0.384. The highest BCUT2D eigenvalue weighted by Gasteiger charge is 2.25. The summed E-state index contributed by atoms with van der Waals surface area (Å²) in [4.78, 5) is 10.6. The van der Waals surface area contributed by atoms with Crippen molar-refractivity contribution in [2.75, 3.05) is 17.6 Å². The van der Waals surface area contributed by atoms with Crippen LogP contribution in [0, 0.1) is 21.4 Å². The number of sulfonamides is 1. The summed E-state index contributed by atoms with van der Waals surface area (Å²) in [7, 11) is -3.89. The molecule has 1 heterocycles. The van der Waals surface area contributed by atoms with Crippen LogP contribution in [0.2, 0.25) is 0 Å². The van der Waals surface area contributed by atoms with E-state index in [0.717, 1.165) is 6.07 Å². The van der Waals surface area contributed by atoms with Gasteiger partial charge in [0.1, 0.15) is 17.3 Å². The van der Waals surface area contributed by atoms with Gasteiger partial charge < -0.3 is 11.1 Å². The molecule has 0 spiro atoms. The first-order chi connectivity index (χ1) is 13.4. The lowest BCUT2D eigenvalue weighted by Crippen LogP contribution is -2.40. The Morgan fingerprint density at radius 2 is 2.07 bits per heavy atom. The Bertz CT molecular complexity index is 1050. The zero-order valence-electron chi connectivity index (χ0n) is 16.3. The van der Waals surface area contributed by atoms with Crippen LogP contribution < -0.4 is 15.8 Å². The van der Waals surface area contributed by atoms with Gasteiger partial charge in [0, 0.05) is 18.2 Å². The van der Waals surface area contributed by atoms with Crippen LogP contribution in [0.4, 0.5) is 17.2 Å². The smallest absolute Gasteiger partial charge is 0.293 e. The molecule has 0 atom stereocenters. The number of benzene rings is 1. The van der Waals surface area contributed by atoms with Crippen LogP contribution in [-0.4, -0.2) is 35.6 Å². The highest BCUT2D eigenvalue weighted by Crippen LogP contribution is 2.28. The molecule has 12 heteroatoms. The summed E-state index contributed by atoms with van der Waals surface area (Å²) in [5, 5.41) is 29.9. The van der Waals surface area contributed by atoms with Crippen molar-refractivity contribution < 1.29 is 13.3 Å². The Morgan fingerprint density at radius 1 is 1.38 bits per heavy atom. The number of nitrogens with one attached hydrogen (secondary N) is 3. The average molecular weight is 421 g/mol. The van der Waals surface area contributed by atoms with Gasteiger partial charge in [0.15, 0.2) is 5.82 Å². The quantitative estimate of drug-likeness (QED) is 0.283. The van der Waals surface area contributed by atoms with E-state index in [9.17, 15) is 18.5 Å². The molecule has 0 saturated carbocycles. The predicted octanol–water partition coefficient (Wildman–Crippen LogP) is 1.89. The fourth-order valence-electron chi connectivity index (χ4n) is 2.63. The summed E-state index contributed by atoms with van der Waals surface area (Å²) >= 11 is 0. The topological polar surface area (TPSA) is 180 Å². The van der Waals surface area contributed by atoms with Crippen molar-refractivity contribution in [2.24, 2.45) is 0 Å². The van der Waals surface area contributed by atoms with E-state index in [1.165, 1.54) is 12.1 Å². The molecule has 0 aliphatic rings. The van der Waals surface area contributed by atoms with Gasteiger partial charge >= 0.3 is 0 Å². The molecule has 0 aliphatic heterocycles. The van der Waals surface area contributed by atoms with Gasteiger partial charge in [0.25, 0.3) is 5.69 Å². The number of hydrogen-bond donors (Lipinski definition) is 4. The number of nitrogens with zero attached hydrogens (tertiary/aromatic N) is 3. The Hall–Kier alpha value is -3.17. The maximum atomic E-state index is 12.4. The fourth-order valence-corrected chi connectivity index (χ4v) is 4.07. The predicted molar refractivity (Wildman–Crippen MR) is 108 cm³/mol. The van der Waals surface area contributed by atoms with Crippen molar-refractivity contribution in [3.63, 3.8) is 0 Å². The van der Waals surface area contributed by atoms with E-state index in [0.29, 0.717) is 25.1 Å². The lowest BCUT2D eigenvalue weighted by Gasteiger charge is -2.20. The van der Waals surface area contributed by atoms with Crippen LogP contribution in [-0.2, 0) is 16.4 Å². The maximum absolute atomic E-state index is 12.4. The Balaban J connectivity index is 2.11. The SMILES string of the molecule is CC(C)(C)NS(=O)(=O)c1ccc(NCCCc2[nH]nc(N)c2C#N)c([N+](=O)[O-])c1. The fraction of sp³-hybridized carbons (Fsp3) is 0.412. The van der Waals surface area contributed by atoms with E-state index >= 15 is 0 Å². The maximum Gasteiger partial charge on any atom is 0.293 e. The number of nitrogens with two attached hydrogens (primary N) is 1. The number of anilines is 2. The molecule has 2 aromatic rings. The third-order valence-electron chi connectivity index (χ3n) is 3.82. The van der Waals surface area contributed by atoms with Crippen LogP contribution >= 0.6 is 0 Å². The van der Waals surface area contributed by atoms with Crippen molar-refractivity contribution >= 4 is 27.2 Å². The molecule has 1 aromatic carbocycles. The molecule has 5 N–H and O–H groups in total. The molecule has 2 rings (SSSR count). The zero-order chi connectivity index (χ0) is 21.8. The van der Waals surface area contributed by atoms with Gasteiger partial charge in [-0.3, -0.25) is 15.2 Å². The number of H-pyrrole nitrogens is 1. The van der Waals surface area contributed by atoms with Gasteiger partial charge in [-0.2, -0.15) is 10.4 Å². The minimum Gasteiger partial charge on any atom is -0.381 e. The van der Waals surface area contributed by atoms with Gasteiger partial charge in [0.05, 0.1) is 15.5 Å². The second kappa shape index (κ2) is 8.46. The number of aromatic nitrogens is 2. The summed E-state index contributed by atoms with van der Waals surface area (Å²) in [6.07, 6.45) is 1.01. The van der Waals surface area contributed by atoms with E-state index in [-0.39, 0.29) is 27.7 Å². The molecule has 11 nitrogen and oxygen atoms in total. The van der Waals surface area contributed by atoms with Crippen LogP contribution in [0.3, 0.4) is 0 Å². The Kier molecular flexibility index (Phi) is 6.45. The molecule has 156 valence electrons. The number of rotatable bonds is 8. The highest BCUT2D eigenvalue weighted by molar-refractivity contribution is 7.89. The zero-order valence-corrected chi connectivity index (χ0v) is 17.1. The van der Waals surface area contributed by atoms with E-state index in [4.69, 9.17) is 11.0 Å². The average Bonchev–Trinajstić information content (AvgIpc) is 2.96. The van der Waals surface area contributed by atoms with Crippen molar-refractivity contribution in [1.29, 1.82) is 5.26 Å². The lowest BCUT2D eigenvalue weighted by atomic mass is 10.1. The third-order valence-corrected chi connectivity index (χ3v) is 5.57. The highest BCUT2D eigenvalue weighted by atomic mass is 32.2. The van der Waals surface area contributed by atoms with Crippen LogP contribution in [0.5, 0.6) is 0 Å². The molecule has 0 amide bonds.